The molecule has 0 aliphatic carbocycles. The molecule has 0 atom stereocenters. The van der Waals surface area contributed by atoms with Gasteiger partial charge < -0.3 is 9.53 Å². The molecule has 0 bridgehead atoms. The van der Waals surface area contributed by atoms with Crippen molar-refractivity contribution in [1.29, 1.82) is 0 Å². The molecule has 0 spiro atoms. The zero-order valence-electron chi connectivity index (χ0n) is 12.1. The summed E-state index contributed by atoms with van der Waals surface area (Å²) in [6, 6.07) is 0. The molecule has 0 aliphatic rings. The Bertz CT molecular complexity index is 356. The lowest BCUT2D eigenvalue weighted by Crippen LogP contribution is -2.37. The van der Waals surface area contributed by atoms with Gasteiger partial charge in [-0.05, 0) is 40.5 Å². The molecule has 0 aromatic rings. The van der Waals surface area contributed by atoms with Crippen molar-refractivity contribution in [3.8, 4) is 0 Å². The molecule has 0 aromatic heterocycles. The summed E-state index contributed by atoms with van der Waals surface area (Å²) in [7, 11) is 0. The van der Waals surface area contributed by atoms with Crippen molar-refractivity contribution in [2.75, 3.05) is 6.61 Å². The highest BCUT2D eigenvalue weighted by atomic mass is 16.5. The van der Waals surface area contributed by atoms with Gasteiger partial charge in [0.05, 0.1) is 12.0 Å². The van der Waals surface area contributed by atoms with Crippen molar-refractivity contribution in [3.63, 3.8) is 0 Å². The van der Waals surface area contributed by atoms with Crippen LogP contribution in [-0.4, -0.2) is 29.9 Å². The monoisotopic (exact) mass is 270 g/mol. The van der Waals surface area contributed by atoms with Crippen LogP contribution in [0.15, 0.2) is 0 Å². The van der Waals surface area contributed by atoms with Crippen LogP contribution in [0.1, 0.15) is 53.4 Å². The van der Waals surface area contributed by atoms with Crippen molar-refractivity contribution in [2.45, 2.75) is 53.4 Å². The van der Waals surface area contributed by atoms with E-state index in [1.54, 1.807) is 6.92 Å². The van der Waals surface area contributed by atoms with Crippen LogP contribution in [0.25, 0.3) is 0 Å². The summed E-state index contributed by atoms with van der Waals surface area (Å²) in [6.45, 7) is 6.02. The van der Waals surface area contributed by atoms with Crippen LogP contribution in [0.4, 0.5) is 0 Å². The average molecular weight is 270 g/mol. The summed E-state index contributed by atoms with van der Waals surface area (Å²) < 4.78 is 4.79. The quantitative estimate of drug-likeness (QED) is 0.472. The zero-order valence-corrected chi connectivity index (χ0v) is 12.1. The first-order valence-corrected chi connectivity index (χ1v) is 6.43. The number of ether oxygens (including phenoxy) is 1. The average Bonchev–Trinajstić information content (AvgIpc) is 2.28. The van der Waals surface area contributed by atoms with Crippen molar-refractivity contribution >= 4 is 23.3 Å². The third-order valence-corrected chi connectivity index (χ3v) is 3.31. The molecular formula is C14H22O5. The van der Waals surface area contributed by atoms with Gasteiger partial charge in [0, 0.05) is 12.8 Å². The molecule has 0 unspecified atom stereocenters. The standard InChI is InChI=1S/C14H22O5/c1-5-19-13(18)7-9-14(11(3)16,12(4)17)8-6-10(2)15/h5-9H2,1-4H3. The minimum atomic E-state index is -1.24. The molecule has 0 N–H and O–H groups in total. The first-order chi connectivity index (χ1) is 8.76. The number of carbonyl (C=O) groups is 4. The smallest absolute Gasteiger partial charge is 0.305 e. The van der Waals surface area contributed by atoms with E-state index in [1.807, 2.05) is 0 Å². The van der Waals surface area contributed by atoms with Crippen LogP contribution < -0.4 is 0 Å². The molecule has 0 saturated carbocycles. The SMILES string of the molecule is CCOC(=O)CCC(CCC(C)=O)(C(C)=O)C(C)=O. The summed E-state index contributed by atoms with van der Waals surface area (Å²) in [5, 5.41) is 0. The Morgan fingerprint density at radius 2 is 1.37 bits per heavy atom. The Kier molecular flexibility index (Phi) is 7.19. The largest absolute Gasteiger partial charge is 0.466 e. The van der Waals surface area contributed by atoms with Gasteiger partial charge in [-0.15, -0.1) is 0 Å². The highest BCUT2D eigenvalue weighted by Gasteiger charge is 2.40. The number of rotatable bonds is 9. The highest BCUT2D eigenvalue weighted by molar-refractivity contribution is 6.05. The molecule has 0 heterocycles. The van der Waals surface area contributed by atoms with Crippen LogP contribution in [-0.2, 0) is 23.9 Å². The molecule has 0 amide bonds. The number of esters is 1. The summed E-state index contributed by atoms with van der Waals surface area (Å²) in [4.78, 5) is 46.0. The lowest BCUT2D eigenvalue weighted by molar-refractivity contribution is -0.145. The maximum atomic E-state index is 11.8. The number of hydrogen-bond acceptors (Lipinski definition) is 5. The van der Waals surface area contributed by atoms with E-state index in [4.69, 9.17) is 4.74 Å². The molecular weight excluding hydrogens is 248 g/mol. The fourth-order valence-corrected chi connectivity index (χ4v) is 2.02. The Morgan fingerprint density at radius 3 is 1.74 bits per heavy atom. The second-order valence-electron chi connectivity index (χ2n) is 4.70. The summed E-state index contributed by atoms with van der Waals surface area (Å²) >= 11 is 0. The van der Waals surface area contributed by atoms with Gasteiger partial charge in [0.25, 0.3) is 0 Å². The van der Waals surface area contributed by atoms with E-state index in [0.717, 1.165) is 0 Å². The Hall–Kier alpha value is -1.52. The van der Waals surface area contributed by atoms with Crippen LogP contribution in [0.3, 0.4) is 0 Å². The number of hydrogen-bond donors (Lipinski definition) is 0. The van der Waals surface area contributed by atoms with Crippen LogP contribution >= 0.6 is 0 Å². The molecule has 0 fully saturated rings. The van der Waals surface area contributed by atoms with Gasteiger partial charge in [0.1, 0.15) is 17.3 Å². The minimum absolute atomic E-state index is 0.00487. The lowest BCUT2D eigenvalue weighted by Gasteiger charge is -2.27. The van der Waals surface area contributed by atoms with Crippen molar-refractivity contribution < 1.29 is 23.9 Å². The second kappa shape index (κ2) is 7.81. The van der Waals surface area contributed by atoms with E-state index in [0.29, 0.717) is 0 Å². The van der Waals surface area contributed by atoms with Crippen LogP contribution in [0.5, 0.6) is 0 Å². The van der Waals surface area contributed by atoms with Gasteiger partial charge in [-0.25, -0.2) is 0 Å². The van der Waals surface area contributed by atoms with E-state index in [1.165, 1.54) is 20.8 Å². The highest BCUT2D eigenvalue weighted by Crippen LogP contribution is 2.32. The van der Waals surface area contributed by atoms with Crippen LogP contribution in [0, 0.1) is 5.41 Å². The Labute approximate surface area is 113 Å². The topological polar surface area (TPSA) is 77.5 Å². The first-order valence-electron chi connectivity index (χ1n) is 6.43. The number of Topliss-reactive ketones (excluding diaryl/α,β-unsaturated/α-hetero) is 3. The van der Waals surface area contributed by atoms with E-state index >= 15 is 0 Å². The second-order valence-corrected chi connectivity index (χ2v) is 4.70. The molecule has 0 aromatic carbocycles. The fraction of sp³-hybridized carbons (Fsp3) is 0.714. The first kappa shape index (κ1) is 17.5. The van der Waals surface area contributed by atoms with E-state index in [-0.39, 0.29) is 49.6 Å². The lowest BCUT2D eigenvalue weighted by atomic mass is 9.72. The third kappa shape index (κ3) is 5.32. The maximum absolute atomic E-state index is 11.8. The van der Waals surface area contributed by atoms with E-state index in [2.05, 4.69) is 0 Å². The van der Waals surface area contributed by atoms with Gasteiger partial charge in [0.2, 0.25) is 0 Å². The van der Waals surface area contributed by atoms with E-state index in [9.17, 15) is 19.2 Å². The van der Waals surface area contributed by atoms with Crippen molar-refractivity contribution in [3.05, 3.63) is 0 Å². The molecule has 0 rings (SSSR count). The predicted molar refractivity (Wildman–Crippen MR) is 69.6 cm³/mol. The third-order valence-electron chi connectivity index (χ3n) is 3.31. The van der Waals surface area contributed by atoms with Gasteiger partial charge in [-0.1, -0.05) is 0 Å². The molecule has 108 valence electrons. The van der Waals surface area contributed by atoms with Gasteiger partial charge >= 0.3 is 5.97 Å². The fourth-order valence-electron chi connectivity index (χ4n) is 2.02. The molecule has 19 heavy (non-hydrogen) atoms. The number of ketones is 3. The maximum Gasteiger partial charge on any atom is 0.305 e. The van der Waals surface area contributed by atoms with Gasteiger partial charge in [-0.3, -0.25) is 14.4 Å². The van der Waals surface area contributed by atoms with Crippen molar-refractivity contribution in [2.24, 2.45) is 5.41 Å². The van der Waals surface area contributed by atoms with Gasteiger partial charge in [0.15, 0.2) is 0 Å². The molecule has 5 heteroatoms. The van der Waals surface area contributed by atoms with E-state index < -0.39 is 11.4 Å². The van der Waals surface area contributed by atoms with Crippen LogP contribution in [0.2, 0.25) is 0 Å². The zero-order chi connectivity index (χ0) is 15.1. The molecule has 0 aliphatic heterocycles. The number of carbonyl (C=O) groups excluding carboxylic acids is 4. The van der Waals surface area contributed by atoms with Gasteiger partial charge in [-0.2, -0.15) is 0 Å². The molecule has 0 saturated heterocycles. The minimum Gasteiger partial charge on any atom is -0.466 e. The summed E-state index contributed by atoms with van der Waals surface area (Å²) in [6.07, 6.45) is 0.420. The van der Waals surface area contributed by atoms with Crippen molar-refractivity contribution in [1.82, 2.24) is 0 Å². The Balaban J connectivity index is 4.92. The molecule has 0 radical (unpaired) electrons. The summed E-state index contributed by atoms with van der Waals surface area (Å²) in [5.41, 5.74) is -1.24. The normalized spacial score (nSPS) is 10.9. The Morgan fingerprint density at radius 1 is 0.895 bits per heavy atom. The predicted octanol–water partition coefficient (Wildman–Crippen LogP) is 1.86. The summed E-state index contributed by atoms with van der Waals surface area (Å²) in [5.74, 6) is -1.11. The molecule has 5 nitrogen and oxygen atoms in total.